The summed E-state index contributed by atoms with van der Waals surface area (Å²) in [6, 6.07) is -0.0989. The smallest absolute Gasteiger partial charge is 0.382 e. The van der Waals surface area contributed by atoms with Crippen molar-refractivity contribution in [3.8, 4) is 0 Å². The fourth-order valence-corrected chi connectivity index (χ4v) is 6.27. The second kappa shape index (κ2) is 8.24. The summed E-state index contributed by atoms with van der Waals surface area (Å²) in [7, 11) is -16.1. The van der Waals surface area contributed by atoms with Crippen molar-refractivity contribution in [2.45, 2.75) is 25.3 Å². The van der Waals surface area contributed by atoms with Gasteiger partial charge in [-0.25, -0.2) is 18.7 Å². The Hall–Kier alpha value is -1.44. The fraction of sp³-hybridized carbons (Fsp3) is 0.545. The zero-order valence-corrected chi connectivity index (χ0v) is 17.8. The minimum Gasteiger partial charge on any atom is -0.382 e. The lowest BCUT2D eigenvalue weighted by Gasteiger charge is -2.18. The number of phosphoric acid groups is 3. The quantitative estimate of drug-likeness (QED) is 0.279. The average Bonchev–Trinajstić information content (AvgIpc) is 3.15. The lowest BCUT2D eigenvalue weighted by Crippen LogP contribution is -2.10. The van der Waals surface area contributed by atoms with Crippen molar-refractivity contribution in [1.29, 1.82) is 0 Å². The standard InChI is InChI=1S/C11H19N6O10P3/c12-9-8-10(16-11(13)15-9)17(5-14-8)7-2-1-6(3-7)4-25-29(21,22)27-30(23,24)26-28(18,19)20/h5-7H,1-4H2,(H,21,22)(H,23,24)(H2,18,19,20)(H4,12,13,15,16)/t6-,7+/m1/s1. The number of hydrogen-bond acceptors (Lipinski definition) is 11. The van der Waals surface area contributed by atoms with E-state index in [1.165, 1.54) is 6.33 Å². The van der Waals surface area contributed by atoms with E-state index in [1.54, 1.807) is 4.57 Å². The second-order valence-corrected chi connectivity index (χ2v) is 10.9. The topological polar surface area (TPSA) is 255 Å². The Morgan fingerprint density at radius 1 is 1.07 bits per heavy atom. The van der Waals surface area contributed by atoms with Crippen LogP contribution in [0.15, 0.2) is 6.33 Å². The van der Waals surface area contributed by atoms with Crippen LogP contribution in [0.1, 0.15) is 25.3 Å². The molecule has 3 rings (SSSR count). The number of anilines is 2. The molecule has 0 aromatic carbocycles. The largest absolute Gasteiger partial charge is 0.490 e. The van der Waals surface area contributed by atoms with Crippen molar-refractivity contribution in [1.82, 2.24) is 19.5 Å². The first-order valence-corrected chi connectivity index (χ1v) is 12.8. The maximum atomic E-state index is 11.8. The molecule has 4 atom stereocenters. The summed E-state index contributed by atoms with van der Waals surface area (Å²) in [5, 5.41) is 0. The summed E-state index contributed by atoms with van der Waals surface area (Å²) in [6.07, 6.45) is 3.21. The molecule has 1 aliphatic rings. The van der Waals surface area contributed by atoms with Gasteiger partial charge < -0.3 is 35.6 Å². The Morgan fingerprint density at radius 2 is 1.77 bits per heavy atom. The molecule has 16 nitrogen and oxygen atoms in total. The molecule has 0 spiro atoms. The van der Waals surface area contributed by atoms with Gasteiger partial charge in [-0.1, -0.05) is 0 Å². The molecule has 1 aliphatic carbocycles. The first kappa shape index (κ1) is 23.2. The SMILES string of the molecule is Nc1nc(N)c2ncn([C@H]3CC[C@@H](COP(=O)(O)OP(=O)(O)OP(=O)(O)O)C3)c2n1. The molecule has 1 fully saturated rings. The molecule has 2 aromatic rings. The van der Waals surface area contributed by atoms with E-state index in [-0.39, 0.29) is 30.3 Å². The summed E-state index contributed by atoms with van der Waals surface area (Å²) in [5.41, 5.74) is 12.2. The Morgan fingerprint density at radius 3 is 2.43 bits per heavy atom. The van der Waals surface area contributed by atoms with Crippen molar-refractivity contribution < 1.29 is 46.4 Å². The first-order valence-electron chi connectivity index (χ1n) is 8.28. The van der Waals surface area contributed by atoms with Crippen molar-refractivity contribution in [2.75, 3.05) is 18.1 Å². The van der Waals surface area contributed by atoms with Crippen LogP contribution in [0.25, 0.3) is 11.2 Å². The first-order chi connectivity index (χ1) is 13.7. The van der Waals surface area contributed by atoms with Gasteiger partial charge in [0.05, 0.1) is 12.9 Å². The zero-order chi connectivity index (χ0) is 22.3. The second-order valence-electron chi connectivity index (χ2n) is 6.51. The van der Waals surface area contributed by atoms with E-state index in [2.05, 4.69) is 28.1 Å². The molecule has 0 aliphatic heterocycles. The number of nitrogens with zero attached hydrogens (tertiary/aromatic N) is 4. The number of aromatic nitrogens is 4. The Balaban J connectivity index is 1.61. The Kier molecular flexibility index (Phi) is 6.38. The van der Waals surface area contributed by atoms with E-state index in [4.69, 9.17) is 26.1 Å². The van der Waals surface area contributed by atoms with Gasteiger partial charge in [0.25, 0.3) is 0 Å². The fourth-order valence-electron chi connectivity index (χ4n) is 3.18. The highest BCUT2D eigenvalue weighted by Gasteiger charge is 2.41. The molecule has 2 heterocycles. The van der Waals surface area contributed by atoms with Gasteiger partial charge in [-0.05, 0) is 25.2 Å². The number of imidazole rings is 1. The van der Waals surface area contributed by atoms with Crippen molar-refractivity contribution in [3.05, 3.63) is 6.33 Å². The van der Waals surface area contributed by atoms with Crippen LogP contribution in [0.3, 0.4) is 0 Å². The van der Waals surface area contributed by atoms with Crippen LogP contribution in [0, 0.1) is 5.92 Å². The lowest BCUT2D eigenvalue weighted by molar-refractivity contribution is 0.153. The lowest BCUT2D eigenvalue weighted by atomic mass is 10.1. The van der Waals surface area contributed by atoms with Gasteiger partial charge in [-0.2, -0.15) is 18.6 Å². The third-order valence-corrected chi connectivity index (χ3v) is 8.06. The minimum atomic E-state index is -5.54. The zero-order valence-electron chi connectivity index (χ0n) is 15.1. The third kappa shape index (κ3) is 5.83. The molecule has 2 aromatic heterocycles. The summed E-state index contributed by atoms with van der Waals surface area (Å²) in [5.74, 6) is -0.115. The molecule has 0 radical (unpaired) electrons. The van der Waals surface area contributed by atoms with E-state index in [0.717, 1.165) is 0 Å². The molecule has 30 heavy (non-hydrogen) atoms. The molecule has 2 unspecified atom stereocenters. The summed E-state index contributed by atoms with van der Waals surface area (Å²) >= 11 is 0. The van der Waals surface area contributed by atoms with Crippen LogP contribution < -0.4 is 11.5 Å². The molecule has 0 bridgehead atoms. The highest BCUT2D eigenvalue weighted by Crippen LogP contribution is 2.66. The van der Waals surface area contributed by atoms with Crippen molar-refractivity contribution in [3.63, 3.8) is 0 Å². The van der Waals surface area contributed by atoms with E-state index >= 15 is 0 Å². The maximum Gasteiger partial charge on any atom is 0.490 e. The maximum absolute atomic E-state index is 11.8. The van der Waals surface area contributed by atoms with Crippen LogP contribution >= 0.6 is 23.5 Å². The van der Waals surface area contributed by atoms with E-state index < -0.39 is 23.5 Å². The molecule has 1 saturated carbocycles. The van der Waals surface area contributed by atoms with Gasteiger partial charge in [0.15, 0.2) is 11.5 Å². The Labute approximate surface area is 168 Å². The van der Waals surface area contributed by atoms with Gasteiger partial charge in [0.1, 0.15) is 5.52 Å². The van der Waals surface area contributed by atoms with E-state index in [1.807, 2.05) is 0 Å². The molecule has 0 saturated heterocycles. The van der Waals surface area contributed by atoms with Gasteiger partial charge in [0.2, 0.25) is 5.95 Å². The number of nitrogen functional groups attached to an aromatic ring is 2. The number of nitrogens with two attached hydrogens (primary N) is 2. The predicted molar refractivity (Wildman–Crippen MR) is 100 cm³/mol. The molecule has 0 amide bonds. The summed E-state index contributed by atoms with van der Waals surface area (Å²) in [4.78, 5) is 47.9. The monoisotopic (exact) mass is 488 g/mol. The minimum absolute atomic E-state index is 0.0102. The molecular formula is C11H19N6O10P3. The van der Waals surface area contributed by atoms with Crippen LogP contribution in [0.5, 0.6) is 0 Å². The number of rotatable bonds is 8. The number of fused-ring (bicyclic) bond motifs is 1. The van der Waals surface area contributed by atoms with Crippen molar-refractivity contribution in [2.24, 2.45) is 5.92 Å². The molecule has 19 heteroatoms. The number of hydrogen-bond donors (Lipinski definition) is 6. The average molecular weight is 488 g/mol. The summed E-state index contributed by atoms with van der Waals surface area (Å²) in [6.45, 7) is -0.327. The van der Waals surface area contributed by atoms with E-state index in [0.29, 0.717) is 30.4 Å². The van der Waals surface area contributed by atoms with Crippen molar-refractivity contribution >= 4 is 46.4 Å². The van der Waals surface area contributed by atoms with Gasteiger partial charge in [-0.15, -0.1) is 0 Å². The third-order valence-electron chi connectivity index (χ3n) is 4.26. The molecular weight excluding hydrogens is 469 g/mol. The normalized spacial score (nSPS) is 24.0. The predicted octanol–water partition coefficient (Wildman–Crippen LogP) is 0.675. The van der Waals surface area contributed by atoms with Gasteiger partial charge >= 0.3 is 23.5 Å². The van der Waals surface area contributed by atoms with Gasteiger partial charge in [-0.3, -0.25) is 4.52 Å². The number of phosphoric ester groups is 1. The van der Waals surface area contributed by atoms with E-state index in [9.17, 15) is 18.6 Å². The van der Waals surface area contributed by atoms with Gasteiger partial charge in [0, 0.05) is 6.04 Å². The van der Waals surface area contributed by atoms with Crippen LogP contribution in [-0.2, 0) is 26.8 Å². The highest BCUT2D eigenvalue weighted by atomic mass is 31.3. The highest BCUT2D eigenvalue weighted by molar-refractivity contribution is 7.66. The van der Waals surface area contributed by atoms with Crippen LogP contribution in [-0.4, -0.2) is 45.7 Å². The Bertz CT molecular complexity index is 1090. The molecule has 8 N–H and O–H groups in total. The summed E-state index contributed by atoms with van der Waals surface area (Å²) < 4.78 is 47.6. The van der Waals surface area contributed by atoms with Crippen LogP contribution in [0.4, 0.5) is 11.8 Å². The van der Waals surface area contributed by atoms with Crippen LogP contribution in [0.2, 0.25) is 0 Å². The molecule has 168 valence electrons.